The Morgan fingerprint density at radius 2 is 2.05 bits per heavy atom. The number of benzene rings is 2. The number of rotatable bonds is 1. The molecule has 0 N–H and O–H groups in total. The summed E-state index contributed by atoms with van der Waals surface area (Å²) in [6, 6.07) is 11.6. The van der Waals surface area contributed by atoms with Gasteiger partial charge in [0.05, 0.1) is 12.2 Å². The molecule has 0 aromatic heterocycles. The molecule has 0 radical (unpaired) electrons. The van der Waals surface area contributed by atoms with Gasteiger partial charge in [0.1, 0.15) is 18.2 Å². The molecule has 0 unspecified atom stereocenters. The van der Waals surface area contributed by atoms with E-state index in [2.05, 4.69) is 0 Å². The molecule has 20 heavy (non-hydrogen) atoms. The van der Waals surface area contributed by atoms with Crippen LogP contribution in [0.2, 0.25) is 0 Å². The van der Waals surface area contributed by atoms with E-state index in [4.69, 9.17) is 4.74 Å². The number of carbonyl (C=O) groups excluding carboxylic acids is 1. The van der Waals surface area contributed by atoms with Crippen LogP contribution in [0.5, 0.6) is 5.75 Å². The maximum Gasteiger partial charge on any atom is 0.258 e. The first-order valence-corrected chi connectivity index (χ1v) is 6.46. The molecule has 1 heterocycles. The molecule has 102 valence electrons. The third kappa shape index (κ3) is 2.13. The summed E-state index contributed by atoms with van der Waals surface area (Å²) in [4.78, 5) is 14.3. The van der Waals surface area contributed by atoms with Crippen LogP contribution in [0.4, 0.5) is 10.1 Å². The first-order valence-electron chi connectivity index (χ1n) is 6.46. The number of anilines is 1. The summed E-state index contributed by atoms with van der Waals surface area (Å²) in [5.41, 5.74) is 1.91. The second kappa shape index (κ2) is 4.96. The van der Waals surface area contributed by atoms with Crippen molar-refractivity contribution in [2.75, 3.05) is 18.1 Å². The molecule has 0 saturated heterocycles. The van der Waals surface area contributed by atoms with Crippen molar-refractivity contribution in [3.05, 3.63) is 59.4 Å². The summed E-state index contributed by atoms with van der Waals surface area (Å²) >= 11 is 0. The Morgan fingerprint density at radius 3 is 2.85 bits per heavy atom. The van der Waals surface area contributed by atoms with E-state index in [1.54, 1.807) is 11.8 Å². The van der Waals surface area contributed by atoms with Gasteiger partial charge in [-0.1, -0.05) is 12.1 Å². The van der Waals surface area contributed by atoms with Crippen molar-refractivity contribution in [1.29, 1.82) is 0 Å². The van der Waals surface area contributed by atoms with Gasteiger partial charge in [0.25, 0.3) is 5.91 Å². The highest BCUT2D eigenvalue weighted by molar-refractivity contribution is 6.08. The van der Waals surface area contributed by atoms with Crippen LogP contribution in [-0.4, -0.2) is 19.1 Å². The van der Waals surface area contributed by atoms with Gasteiger partial charge in [0.2, 0.25) is 0 Å². The zero-order valence-corrected chi connectivity index (χ0v) is 11.1. The summed E-state index contributed by atoms with van der Waals surface area (Å²) in [5.74, 6) is 0.242. The zero-order valence-electron chi connectivity index (χ0n) is 11.1. The maximum atomic E-state index is 13.1. The zero-order chi connectivity index (χ0) is 14.1. The highest BCUT2D eigenvalue weighted by Crippen LogP contribution is 2.32. The van der Waals surface area contributed by atoms with Crippen molar-refractivity contribution in [3.63, 3.8) is 0 Å². The fourth-order valence-corrected chi connectivity index (χ4v) is 2.39. The first kappa shape index (κ1) is 12.7. The molecule has 4 heteroatoms. The Morgan fingerprint density at radius 1 is 1.25 bits per heavy atom. The number of halogens is 1. The molecule has 3 nitrogen and oxygen atoms in total. The van der Waals surface area contributed by atoms with Crippen LogP contribution < -0.4 is 9.64 Å². The second-order valence-corrected chi connectivity index (χ2v) is 4.73. The minimum Gasteiger partial charge on any atom is -0.490 e. The van der Waals surface area contributed by atoms with Crippen molar-refractivity contribution in [1.82, 2.24) is 0 Å². The predicted octanol–water partition coefficient (Wildman–Crippen LogP) is 3.17. The SMILES string of the molecule is Cc1cc(F)ccc1C(=O)N1CCOc2ccccc21. The van der Waals surface area contributed by atoms with Gasteiger partial charge in [0.15, 0.2) is 0 Å². The van der Waals surface area contributed by atoms with Gasteiger partial charge in [0, 0.05) is 5.56 Å². The van der Waals surface area contributed by atoms with E-state index < -0.39 is 0 Å². The number of fused-ring (bicyclic) bond motifs is 1. The van der Waals surface area contributed by atoms with Gasteiger partial charge in [-0.05, 0) is 42.8 Å². The van der Waals surface area contributed by atoms with Crippen LogP contribution in [0, 0.1) is 12.7 Å². The lowest BCUT2D eigenvalue weighted by molar-refractivity contribution is 0.0976. The highest BCUT2D eigenvalue weighted by atomic mass is 19.1. The Kier molecular flexibility index (Phi) is 3.14. The van der Waals surface area contributed by atoms with Gasteiger partial charge in [-0.25, -0.2) is 4.39 Å². The standard InChI is InChI=1S/C16H14FNO2/c1-11-10-12(17)6-7-13(11)16(19)18-8-9-20-15-5-3-2-4-14(15)18/h2-7,10H,8-9H2,1H3. The van der Waals surface area contributed by atoms with Crippen molar-refractivity contribution in [3.8, 4) is 5.75 Å². The molecule has 1 amide bonds. The topological polar surface area (TPSA) is 29.5 Å². The second-order valence-electron chi connectivity index (χ2n) is 4.73. The molecule has 0 spiro atoms. The largest absolute Gasteiger partial charge is 0.490 e. The molecule has 0 fully saturated rings. The van der Waals surface area contributed by atoms with E-state index in [1.165, 1.54) is 18.2 Å². The molecule has 0 aliphatic carbocycles. The fraction of sp³-hybridized carbons (Fsp3) is 0.188. The van der Waals surface area contributed by atoms with Gasteiger partial charge < -0.3 is 9.64 Å². The lowest BCUT2D eigenvalue weighted by Gasteiger charge is -2.29. The monoisotopic (exact) mass is 271 g/mol. The Bertz CT molecular complexity index is 669. The summed E-state index contributed by atoms with van der Waals surface area (Å²) in [5, 5.41) is 0. The number of aryl methyl sites for hydroxylation is 1. The molecule has 0 atom stereocenters. The Labute approximate surface area is 116 Å². The number of para-hydroxylation sites is 2. The molecule has 1 aliphatic heterocycles. The van der Waals surface area contributed by atoms with Crippen LogP contribution in [0.15, 0.2) is 42.5 Å². The van der Waals surface area contributed by atoms with E-state index in [0.29, 0.717) is 30.0 Å². The molecular weight excluding hydrogens is 257 g/mol. The minimum atomic E-state index is -0.332. The molecule has 3 rings (SSSR count). The summed E-state index contributed by atoms with van der Waals surface area (Å²) in [7, 11) is 0. The third-order valence-electron chi connectivity index (χ3n) is 3.39. The van der Waals surface area contributed by atoms with Crippen molar-refractivity contribution in [2.45, 2.75) is 6.92 Å². The lowest BCUT2D eigenvalue weighted by atomic mass is 10.1. The lowest BCUT2D eigenvalue weighted by Crippen LogP contribution is -2.38. The summed E-state index contributed by atoms with van der Waals surface area (Å²) < 4.78 is 18.7. The quantitative estimate of drug-likeness (QED) is 0.797. The number of nitrogens with zero attached hydrogens (tertiary/aromatic N) is 1. The average Bonchev–Trinajstić information content (AvgIpc) is 2.46. The smallest absolute Gasteiger partial charge is 0.258 e. The molecular formula is C16H14FNO2. The van der Waals surface area contributed by atoms with Crippen LogP contribution in [-0.2, 0) is 0 Å². The number of hydrogen-bond donors (Lipinski definition) is 0. The number of carbonyl (C=O) groups is 1. The van der Waals surface area contributed by atoms with E-state index in [-0.39, 0.29) is 11.7 Å². The van der Waals surface area contributed by atoms with Crippen LogP contribution in [0.1, 0.15) is 15.9 Å². The number of amides is 1. The maximum absolute atomic E-state index is 13.1. The predicted molar refractivity (Wildman–Crippen MR) is 74.8 cm³/mol. The third-order valence-corrected chi connectivity index (χ3v) is 3.39. The van der Waals surface area contributed by atoms with E-state index >= 15 is 0 Å². The highest BCUT2D eigenvalue weighted by Gasteiger charge is 2.25. The molecule has 0 saturated carbocycles. The van der Waals surface area contributed by atoms with Crippen molar-refractivity contribution < 1.29 is 13.9 Å². The van der Waals surface area contributed by atoms with Gasteiger partial charge >= 0.3 is 0 Å². The van der Waals surface area contributed by atoms with Crippen LogP contribution >= 0.6 is 0 Å². The molecule has 0 bridgehead atoms. The normalized spacial score (nSPS) is 13.6. The van der Waals surface area contributed by atoms with Crippen molar-refractivity contribution >= 4 is 11.6 Å². The van der Waals surface area contributed by atoms with E-state index in [9.17, 15) is 9.18 Å². The average molecular weight is 271 g/mol. The van der Waals surface area contributed by atoms with Gasteiger partial charge in [-0.3, -0.25) is 4.79 Å². The molecule has 2 aromatic rings. The molecule has 1 aliphatic rings. The first-order chi connectivity index (χ1) is 9.66. The van der Waals surface area contributed by atoms with Crippen molar-refractivity contribution in [2.24, 2.45) is 0 Å². The Hall–Kier alpha value is -2.36. The Balaban J connectivity index is 2.00. The van der Waals surface area contributed by atoms with Gasteiger partial charge in [-0.15, -0.1) is 0 Å². The van der Waals surface area contributed by atoms with Gasteiger partial charge in [-0.2, -0.15) is 0 Å². The number of hydrogen-bond acceptors (Lipinski definition) is 2. The minimum absolute atomic E-state index is 0.127. The summed E-state index contributed by atoms with van der Waals surface area (Å²) in [6.45, 7) is 2.69. The fourth-order valence-electron chi connectivity index (χ4n) is 2.39. The van der Waals surface area contributed by atoms with E-state index in [0.717, 1.165) is 5.69 Å². The van der Waals surface area contributed by atoms with E-state index in [1.807, 2.05) is 24.3 Å². The molecule has 2 aromatic carbocycles. The summed E-state index contributed by atoms with van der Waals surface area (Å²) in [6.07, 6.45) is 0. The van der Waals surface area contributed by atoms with Crippen LogP contribution in [0.25, 0.3) is 0 Å². The van der Waals surface area contributed by atoms with Crippen LogP contribution in [0.3, 0.4) is 0 Å². The number of ether oxygens (including phenoxy) is 1.